The Kier molecular flexibility index (Phi) is 5.10. The van der Waals surface area contributed by atoms with Crippen molar-refractivity contribution < 1.29 is 4.74 Å². The lowest BCUT2D eigenvalue weighted by Crippen LogP contribution is -1.95. The highest BCUT2D eigenvalue weighted by Crippen LogP contribution is 2.12. The number of methoxy groups -OCH3 is 1. The van der Waals surface area contributed by atoms with Crippen molar-refractivity contribution in [2.24, 2.45) is 0 Å². The third kappa shape index (κ3) is 3.89. The molecule has 0 aliphatic carbocycles. The van der Waals surface area contributed by atoms with Crippen molar-refractivity contribution in [2.75, 3.05) is 7.11 Å². The Balaban J connectivity index is 2.00. The van der Waals surface area contributed by atoms with Crippen LogP contribution in [0.25, 0.3) is 5.69 Å². The van der Waals surface area contributed by atoms with E-state index in [4.69, 9.17) is 4.74 Å². The monoisotopic (exact) mass is 259 g/mol. The van der Waals surface area contributed by atoms with Crippen LogP contribution in [0.4, 0.5) is 0 Å². The van der Waals surface area contributed by atoms with Gasteiger partial charge in [0, 0.05) is 7.11 Å². The van der Waals surface area contributed by atoms with Crippen molar-refractivity contribution in [3.8, 4) is 5.69 Å². The molecule has 0 unspecified atom stereocenters. The van der Waals surface area contributed by atoms with E-state index >= 15 is 0 Å². The molecule has 0 aliphatic rings. The molecule has 0 N–H and O–H groups in total. The molecule has 0 radical (unpaired) electrons. The average Bonchev–Trinajstić information content (AvgIpc) is 2.89. The normalized spacial score (nSPS) is 10.8. The summed E-state index contributed by atoms with van der Waals surface area (Å²) in [6, 6.07) is 8.52. The Hall–Kier alpha value is -1.68. The Labute approximate surface area is 114 Å². The molecule has 0 atom stereocenters. The average molecular weight is 259 g/mol. The van der Waals surface area contributed by atoms with Gasteiger partial charge in [-0.1, -0.05) is 37.1 Å². The van der Waals surface area contributed by atoms with Crippen LogP contribution in [0.3, 0.4) is 0 Å². The van der Waals surface area contributed by atoms with Crippen molar-refractivity contribution in [3.05, 3.63) is 41.7 Å². The summed E-state index contributed by atoms with van der Waals surface area (Å²) in [5.74, 6) is 0. The first-order valence-corrected chi connectivity index (χ1v) is 6.83. The predicted molar refractivity (Wildman–Crippen MR) is 75.3 cm³/mol. The van der Waals surface area contributed by atoms with Gasteiger partial charge in [0.15, 0.2) is 0 Å². The molecular formula is C15H21N3O. The second-order valence-corrected chi connectivity index (χ2v) is 4.71. The molecule has 0 amide bonds. The van der Waals surface area contributed by atoms with Crippen LogP contribution in [-0.4, -0.2) is 22.1 Å². The fraction of sp³-hybridized carbons (Fsp3) is 0.467. The van der Waals surface area contributed by atoms with E-state index < -0.39 is 0 Å². The Morgan fingerprint density at radius 2 is 1.95 bits per heavy atom. The third-order valence-electron chi connectivity index (χ3n) is 3.10. The van der Waals surface area contributed by atoms with E-state index in [9.17, 15) is 0 Å². The Bertz CT molecular complexity index is 490. The Morgan fingerprint density at radius 3 is 2.63 bits per heavy atom. The Morgan fingerprint density at radius 1 is 1.16 bits per heavy atom. The van der Waals surface area contributed by atoms with E-state index in [-0.39, 0.29) is 0 Å². The molecule has 2 aromatic rings. The van der Waals surface area contributed by atoms with E-state index in [2.05, 4.69) is 41.5 Å². The van der Waals surface area contributed by atoms with Gasteiger partial charge in [-0.25, -0.2) is 4.68 Å². The van der Waals surface area contributed by atoms with Crippen LogP contribution < -0.4 is 0 Å². The van der Waals surface area contributed by atoms with E-state index in [1.54, 1.807) is 11.8 Å². The lowest BCUT2D eigenvalue weighted by molar-refractivity contribution is 0.181. The largest absolute Gasteiger partial charge is 0.378 e. The highest BCUT2D eigenvalue weighted by molar-refractivity contribution is 5.33. The highest BCUT2D eigenvalue weighted by atomic mass is 16.5. The summed E-state index contributed by atoms with van der Waals surface area (Å²) in [6.07, 6.45) is 6.87. The molecule has 1 aromatic heterocycles. The van der Waals surface area contributed by atoms with Crippen molar-refractivity contribution >= 4 is 0 Å². The molecule has 0 fully saturated rings. The lowest BCUT2D eigenvalue weighted by atomic mass is 10.1. The molecule has 2 rings (SSSR count). The summed E-state index contributed by atoms with van der Waals surface area (Å²) in [7, 11) is 1.66. The maximum Gasteiger partial charge on any atom is 0.109 e. The smallest absolute Gasteiger partial charge is 0.109 e. The minimum absolute atomic E-state index is 0.495. The molecule has 4 heteroatoms. The molecule has 0 aliphatic heterocycles. The number of ether oxygens (including phenoxy) is 1. The summed E-state index contributed by atoms with van der Waals surface area (Å²) >= 11 is 0. The van der Waals surface area contributed by atoms with Crippen LogP contribution in [0.5, 0.6) is 0 Å². The minimum atomic E-state index is 0.495. The molecule has 19 heavy (non-hydrogen) atoms. The summed E-state index contributed by atoms with van der Waals surface area (Å²) in [5.41, 5.74) is 3.26. The molecule has 0 spiro atoms. The molecule has 1 heterocycles. The second kappa shape index (κ2) is 7.04. The van der Waals surface area contributed by atoms with Gasteiger partial charge in [-0.3, -0.25) is 0 Å². The molecule has 0 bridgehead atoms. The van der Waals surface area contributed by atoms with Crippen LogP contribution in [0.15, 0.2) is 30.5 Å². The minimum Gasteiger partial charge on any atom is -0.378 e. The summed E-state index contributed by atoms with van der Waals surface area (Å²) < 4.78 is 6.82. The zero-order chi connectivity index (χ0) is 13.5. The number of unbranched alkanes of at least 4 members (excludes halogenated alkanes) is 2. The third-order valence-corrected chi connectivity index (χ3v) is 3.10. The maximum atomic E-state index is 5.04. The molecular weight excluding hydrogens is 238 g/mol. The number of rotatable bonds is 7. The van der Waals surface area contributed by atoms with Crippen molar-refractivity contribution in [2.45, 2.75) is 39.2 Å². The maximum absolute atomic E-state index is 5.04. The van der Waals surface area contributed by atoms with Gasteiger partial charge in [0.05, 0.1) is 18.5 Å². The first-order valence-electron chi connectivity index (χ1n) is 6.83. The van der Waals surface area contributed by atoms with Crippen LogP contribution in [0, 0.1) is 0 Å². The molecule has 4 nitrogen and oxygen atoms in total. The van der Waals surface area contributed by atoms with Gasteiger partial charge in [0.25, 0.3) is 0 Å². The van der Waals surface area contributed by atoms with Crippen molar-refractivity contribution in [3.63, 3.8) is 0 Å². The number of hydrogen-bond donors (Lipinski definition) is 0. The van der Waals surface area contributed by atoms with E-state index in [0.29, 0.717) is 6.61 Å². The first kappa shape index (κ1) is 13.7. The van der Waals surface area contributed by atoms with Gasteiger partial charge >= 0.3 is 0 Å². The van der Waals surface area contributed by atoms with Gasteiger partial charge in [-0.15, -0.1) is 5.10 Å². The summed E-state index contributed by atoms with van der Waals surface area (Å²) in [4.78, 5) is 0. The zero-order valence-electron chi connectivity index (χ0n) is 11.7. The quantitative estimate of drug-likeness (QED) is 0.717. The zero-order valence-corrected chi connectivity index (χ0v) is 11.7. The van der Waals surface area contributed by atoms with Gasteiger partial charge in [-0.2, -0.15) is 0 Å². The fourth-order valence-corrected chi connectivity index (χ4v) is 2.03. The number of aryl methyl sites for hydroxylation is 1. The van der Waals surface area contributed by atoms with Crippen LogP contribution in [-0.2, 0) is 17.8 Å². The van der Waals surface area contributed by atoms with Crippen LogP contribution >= 0.6 is 0 Å². The van der Waals surface area contributed by atoms with Crippen molar-refractivity contribution in [1.29, 1.82) is 0 Å². The molecule has 102 valence electrons. The summed E-state index contributed by atoms with van der Waals surface area (Å²) in [5, 5.41) is 8.15. The first-order chi connectivity index (χ1) is 9.33. The topological polar surface area (TPSA) is 39.9 Å². The standard InChI is InChI=1S/C15H21N3O/c1-3-4-5-6-13-7-9-15(10-8-13)18-11-14(12-19-2)16-17-18/h7-11H,3-6,12H2,1-2H3. The number of nitrogens with zero attached hydrogens (tertiary/aromatic N) is 3. The van der Waals surface area contributed by atoms with Crippen LogP contribution in [0.1, 0.15) is 37.4 Å². The second-order valence-electron chi connectivity index (χ2n) is 4.71. The number of hydrogen-bond acceptors (Lipinski definition) is 3. The van der Waals surface area contributed by atoms with Gasteiger partial charge in [0.2, 0.25) is 0 Å². The SMILES string of the molecule is CCCCCc1ccc(-n2cc(COC)nn2)cc1. The lowest BCUT2D eigenvalue weighted by Gasteiger charge is -2.03. The number of benzene rings is 1. The molecule has 0 saturated heterocycles. The van der Waals surface area contributed by atoms with Crippen LogP contribution in [0.2, 0.25) is 0 Å². The highest BCUT2D eigenvalue weighted by Gasteiger charge is 2.02. The van der Waals surface area contributed by atoms with Gasteiger partial charge in [0.1, 0.15) is 5.69 Å². The molecule has 0 saturated carbocycles. The van der Waals surface area contributed by atoms with E-state index in [1.165, 1.54) is 24.8 Å². The van der Waals surface area contributed by atoms with Gasteiger partial charge in [-0.05, 0) is 30.5 Å². The molecule has 1 aromatic carbocycles. The van der Waals surface area contributed by atoms with E-state index in [1.807, 2.05) is 6.20 Å². The van der Waals surface area contributed by atoms with Crippen molar-refractivity contribution in [1.82, 2.24) is 15.0 Å². The number of aromatic nitrogens is 3. The fourth-order valence-electron chi connectivity index (χ4n) is 2.03. The van der Waals surface area contributed by atoms with E-state index in [0.717, 1.165) is 17.8 Å². The summed E-state index contributed by atoms with van der Waals surface area (Å²) in [6.45, 7) is 2.72. The van der Waals surface area contributed by atoms with Gasteiger partial charge < -0.3 is 4.74 Å². The predicted octanol–water partition coefficient (Wildman–Crippen LogP) is 3.15.